The van der Waals surface area contributed by atoms with Crippen molar-refractivity contribution in [3.05, 3.63) is 71.3 Å². The summed E-state index contributed by atoms with van der Waals surface area (Å²) >= 11 is 0. The minimum atomic E-state index is 0.00707. The lowest BCUT2D eigenvalue weighted by Crippen LogP contribution is -2.26. The van der Waals surface area contributed by atoms with Gasteiger partial charge < -0.3 is 0 Å². The number of hydrogen-bond acceptors (Lipinski definition) is 6. The minimum Gasteiger partial charge on any atom is -0.275 e. The maximum atomic E-state index is 5.70. The molecule has 6 nitrogen and oxygen atoms in total. The van der Waals surface area contributed by atoms with Crippen LogP contribution in [-0.2, 0) is 9.68 Å². The first-order valence-corrected chi connectivity index (χ1v) is 9.82. The third-order valence-corrected chi connectivity index (χ3v) is 5.17. The Morgan fingerprint density at radius 3 is 2.10 bits per heavy atom. The standard InChI is InChI=1S/C23H30N4O2/c1-15-11-17(3)24-22(12-15)20(6)27-29-14-23(9-10-23)13-28-26-19(5)21-8-7-16(2)18(4)25-21/h7-8,11-12,26-27H,5-6,9-10,13-14H2,1-4H3. The maximum absolute atomic E-state index is 5.70. The van der Waals surface area contributed by atoms with Gasteiger partial charge >= 0.3 is 0 Å². The predicted octanol–water partition coefficient (Wildman–Crippen LogP) is 4.17. The molecule has 0 amide bonds. The van der Waals surface area contributed by atoms with Crippen molar-refractivity contribution in [3.8, 4) is 0 Å². The second-order valence-electron chi connectivity index (χ2n) is 8.01. The van der Waals surface area contributed by atoms with Crippen molar-refractivity contribution in [2.75, 3.05) is 13.2 Å². The topological polar surface area (TPSA) is 68.3 Å². The van der Waals surface area contributed by atoms with E-state index in [0.29, 0.717) is 24.6 Å². The first kappa shape index (κ1) is 21.0. The Bertz CT molecular complexity index is 899. The molecule has 0 radical (unpaired) electrons. The van der Waals surface area contributed by atoms with Gasteiger partial charge in [-0.25, -0.2) is 0 Å². The molecule has 0 bridgehead atoms. The molecule has 0 spiro atoms. The van der Waals surface area contributed by atoms with E-state index in [1.165, 1.54) is 0 Å². The lowest BCUT2D eigenvalue weighted by Gasteiger charge is -2.18. The molecular formula is C23H30N4O2. The summed E-state index contributed by atoms with van der Waals surface area (Å²) in [7, 11) is 0. The molecule has 3 rings (SSSR count). The Morgan fingerprint density at radius 2 is 1.55 bits per heavy atom. The molecule has 2 aromatic heterocycles. The Kier molecular flexibility index (Phi) is 6.35. The average Bonchev–Trinajstić information content (AvgIpc) is 3.42. The summed E-state index contributed by atoms with van der Waals surface area (Å²) in [5.41, 5.74) is 13.0. The van der Waals surface area contributed by atoms with Crippen LogP contribution < -0.4 is 11.0 Å². The van der Waals surface area contributed by atoms with E-state index >= 15 is 0 Å². The van der Waals surface area contributed by atoms with E-state index in [4.69, 9.17) is 9.68 Å². The van der Waals surface area contributed by atoms with Crippen LogP contribution in [0.5, 0.6) is 0 Å². The van der Waals surface area contributed by atoms with E-state index in [1.54, 1.807) is 0 Å². The van der Waals surface area contributed by atoms with Crippen LogP contribution in [0, 0.1) is 33.1 Å². The maximum Gasteiger partial charge on any atom is 0.0883 e. The second-order valence-corrected chi connectivity index (χ2v) is 8.01. The minimum absolute atomic E-state index is 0.00707. The molecule has 1 aliphatic rings. The van der Waals surface area contributed by atoms with Crippen LogP contribution in [0.15, 0.2) is 37.4 Å². The van der Waals surface area contributed by atoms with Crippen LogP contribution in [-0.4, -0.2) is 23.2 Å². The molecule has 6 heteroatoms. The molecule has 2 aromatic rings. The molecule has 1 fully saturated rings. The van der Waals surface area contributed by atoms with Gasteiger partial charge in [-0.1, -0.05) is 19.2 Å². The molecule has 154 valence electrons. The highest BCUT2D eigenvalue weighted by Crippen LogP contribution is 2.45. The molecule has 2 heterocycles. The number of hydrogen-bond donors (Lipinski definition) is 2. The molecule has 0 saturated heterocycles. The normalized spacial score (nSPS) is 14.3. The fraction of sp³-hybridized carbons (Fsp3) is 0.391. The van der Waals surface area contributed by atoms with Crippen molar-refractivity contribution in [1.29, 1.82) is 0 Å². The smallest absolute Gasteiger partial charge is 0.0883 e. The second kappa shape index (κ2) is 8.76. The summed E-state index contributed by atoms with van der Waals surface area (Å²) in [6, 6.07) is 7.98. The summed E-state index contributed by atoms with van der Waals surface area (Å²) in [5.74, 6) is 0. The van der Waals surface area contributed by atoms with E-state index in [1.807, 2.05) is 52.0 Å². The number of aryl methyl sites for hydroxylation is 4. The van der Waals surface area contributed by atoms with Crippen LogP contribution in [0.1, 0.15) is 46.7 Å². The Balaban J connectivity index is 1.42. The van der Waals surface area contributed by atoms with Gasteiger partial charge in [0.05, 0.1) is 36.0 Å². The Labute approximate surface area is 173 Å². The lowest BCUT2D eigenvalue weighted by molar-refractivity contribution is -0.0173. The molecular weight excluding hydrogens is 364 g/mol. The molecule has 29 heavy (non-hydrogen) atoms. The number of aromatic nitrogens is 2. The zero-order valence-corrected chi connectivity index (χ0v) is 17.8. The number of pyridine rings is 2. The highest BCUT2D eigenvalue weighted by molar-refractivity contribution is 5.58. The average molecular weight is 395 g/mol. The molecule has 0 aliphatic heterocycles. The summed E-state index contributed by atoms with van der Waals surface area (Å²) in [4.78, 5) is 20.4. The van der Waals surface area contributed by atoms with Gasteiger partial charge in [0.25, 0.3) is 0 Å². The quantitative estimate of drug-likeness (QED) is 0.590. The number of rotatable bonds is 10. The summed E-state index contributed by atoms with van der Waals surface area (Å²) in [5, 5.41) is 0. The van der Waals surface area contributed by atoms with E-state index in [-0.39, 0.29) is 5.41 Å². The SMILES string of the molecule is C=C(NOCC1(CONC(=C)c2ccc(C)c(C)n2)CC1)c1cc(C)cc(C)n1. The van der Waals surface area contributed by atoms with E-state index in [9.17, 15) is 0 Å². The molecule has 1 saturated carbocycles. The van der Waals surface area contributed by atoms with Crippen LogP contribution in [0.2, 0.25) is 0 Å². The highest BCUT2D eigenvalue weighted by Gasteiger charge is 2.44. The number of nitrogens with zero attached hydrogens (tertiary/aromatic N) is 2. The monoisotopic (exact) mass is 394 g/mol. The molecule has 1 aliphatic carbocycles. The van der Waals surface area contributed by atoms with Gasteiger partial charge in [0, 0.05) is 16.8 Å². The van der Waals surface area contributed by atoms with Crippen molar-refractivity contribution in [2.45, 2.75) is 40.5 Å². The lowest BCUT2D eigenvalue weighted by atomic mass is 10.1. The summed E-state index contributed by atoms with van der Waals surface area (Å²) in [6.45, 7) is 17.1. The van der Waals surface area contributed by atoms with Gasteiger partial charge in [-0.15, -0.1) is 0 Å². The van der Waals surface area contributed by atoms with Crippen LogP contribution in [0.25, 0.3) is 11.4 Å². The zero-order chi connectivity index (χ0) is 21.0. The zero-order valence-electron chi connectivity index (χ0n) is 17.8. The van der Waals surface area contributed by atoms with Gasteiger partial charge in [0.1, 0.15) is 0 Å². The Morgan fingerprint density at radius 1 is 0.931 bits per heavy atom. The fourth-order valence-corrected chi connectivity index (χ4v) is 2.96. The van der Waals surface area contributed by atoms with Gasteiger partial charge in [0.2, 0.25) is 0 Å². The van der Waals surface area contributed by atoms with E-state index in [2.05, 4.69) is 34.1 Å². The van der Waals surface area contributed by atoms with Crippen LogP contribution >= 0.6 is 0 Å². The van der Waals surface area contributed by atoms with Gasteiger partial charge in [-0.05, 0) is 69.9 Å². The van der Waals surface area contributed by atoms with Crippen molar-refractivity contribution in [1.82, 2.24) is 20.9 Å². The molecule has 0 atom stereocenters. The van der Waals surface area contributed by atoms with Crippen LogP contribution in [0.4, 0.5) is 0 Å². The first-order chi connectivity index (χ1) is 13.8. The Hall–Kier alpha value is -2.70. The largest absolute Gasteiger partial charge is 0.275 e. The van der Waals surface area contributed by atoms with Gasteiger partial charge in [-0.2, -0.15) is 0 Å². The number of nitrogens with one attached hydrogen (secondary N) is 2. The van der Waals surface area contributed by atoms with Crippen molar-refractivity contribution < 1.29 is 9.68 Å². The first-order valence-electron chi connectivity index (χ1n) is 9.82. The predicted molar refractivity (Wildman–Crippen MR) is 115 cm³/mol. The van der Waals surface area contributed by atoms with E-state index < -0.39 is 0 Å². The van der Waals surface area contributed by atoms with Crippen molar-refractivity contribution in [2.24, 2.45) is 5.41 Å². The fourth-order valence-electron chi connectivity index (χ4n) is 2.96. The summed E-state index contributed by atoms with van der Waals surface area (Å²) in [6.07, 6.45) is 2.11. The third-order valence-electron chi connectivity index (χ3n) is 5.17. The van der Waals surface area contributed by atoms with Crippen molar-refractivity contribution in [3.63, 3.8) is 0 Å². The van der Waals surface area contributed by atoms with E-state index in [0.717, 1.165) is 46.7 Å². The molecule has 0 aromatic carbocycles. The van der Waals surface area contributed by atoms with Gasteiger partial charge in [0.15, 0.2) is 0 Å². The third kappa shape index (κ3) is 5.65. The molecule has 0 unspecified atom stereocenters. The summed E-state index contributed by atoms with van der Waals surface area (Å²) < 4.78 is 0. The van der Waals surface area contributed by atoms with Crippen LogP contribution in [0.3, 0.4) is 0 Å². The van der Waals surface area contributed by atoms with Gasteiger partial charge in [-0.3, -0.25) is 30.6 Å². The molecule has 2 N–H and O–H groups in total. The number of hydroxylamine groups is 2. The van der Waals surface area contributed by atoms with Crippen molar-refractivity contribution >= 4 is 11.4 Å². The highest BCUT2D eigenvalue weighted by atomic mass is 16.7.